The van der Waals surface area contributed by atoms with Gasteiger partial charge in [-0.05, 0) is 72.4 Å². The van der Waals surface area contributed by atoms with E-state index in [-0.39, 0.29) is 12.0 Å². The molecule has 2 heterocycles. The van der Waals surface area contributed by atoms with Crippen LogP contribution >= 0.6 is 0 Å². The monoisotopic (exact) mass is 679 g/mol. The number of thiol groups is 1. The summed E-state index contributed by atoms with van der Waals surface area (Å²) in [5, 5.41) is 15.2. The van der Waals surface area contributed by atoms with Gasteiger partial charge in [0.1, 0.15) is 29.8 Å². The van der Waals surface area contributed by atoms with Crippen LogP contribution in [0.4, 0.5) is 16.2 Å². The number of methoxy groups -OCH3 is 1. The molecule has 0 unspecified atom stereocenters. The van der Waals surface area contributed by atoms with Gasteiger partial charge in [-0.25, -0.2) is 17.9 Å². The number of ether oxygens (including phenoxy) is 2. The first-order chi connectivity index (χ1) is 23.1. The molecule has 2 aromatic carbocycles. The van der Waals surface area contributed by atoms with E-state index in [1.54, 1.807) is 0 Å². The van der Waals surface area contributed by atoms with E-state index >= 15 is 0 Å². The van der Waals surface area contributed by atoms with Crippen LogP contribution in [0.3, 0.4) is 0 Å². The summed E-state index contributed by atoms with van der Waals surface area (Å²) < 4.78 is 39.3. The predicted octanol–water partition coefficient (Wildman–Crippen LogP) is 5.28. The SMILES string of the molecule is COc1c(CN[SH](=O)=O)cc(C(C)(C)C)cc1NC(=O)Nc1ccc(OCCN2CCn3c(nnc3C3CCCCC3)C2)c2c1CCC2. The van der Waals surface area contributed by atoms with E-state index in [1.807, 2.05) is 24.3 Å². The third-order valence-electron chi connectivity index (χ3n) is 9.87. The summed E-state index contributed by atoms with van der Waals surface area (Å²) in [6.07, 6.45) is 9.14. The van der Waals surface area contributed by atoms with Gasteiger partial charge in [-0.2, -0.15) is 0 Å². The van der Waals surface area contributed by atoms with E-state index in [1.165, 1.54) is 45.0 Å². The Morgan fingerprint density at radius 1 is 0.979 bits per heavy atom. The summed E-state index contributed by atoms with van der Waals surface area (Å²) in [4.78, 5) is 15.8. The fraction of sp³-hybridized carbons (Fsp3) is 0.571. The van der Waals surface area contributed by atoms with E-state index in [0.717, 1.165) is 79.4 Å². The van der Waals surface area contributed by atoms with E-state index in [2.05, 4.69) is 55.8 Å². The minimum Gasteiger partial charge on any atom is -0.494 e. The van der Waals surface area contributed by atoms with E-state index in [0.29, 0.717) is 29.5 Å². The zero-order valence-corrected chi connectivity index (χ0v) is 29.5. The Bertz CT molecular complexity index is 1700. The Hall–Kier alpha value is -3.68. The number of rotatable bonds is 11. The fourth-order valence-electron chi connectivity index (χ4n) is 7.31. The summed E-state index contributed by atoms with van der Waals surface area (Å²) in [6, 6.07) is 7.25. The lowest BCUT2D eigenvalue weighted by Gasteiger charge is -2.29. The number of anilines is 2. The molecule has 0 bridgehead atoms. The highest BCUT2D eigenvalue weighted by Gasteiger charge is 2.27. The van der Waals surface area contributed by atoms with Crippen molar-refractivity contribution in [2.75, 3.05) is 37.4 Å². The molecule has 13 heteroatoms. The molecule has 2 aliphatic carbocycles. The van der Waals surface area contributed by atoms with E-state index < -0.39 is 16.9 Å². The van der Waals surface area contributed by atoms with Crippen LogP contribution in [0.2, 0.25) is 0 Å². The van der Waals surface area contributed by atoms with Gasteiger partial charge >= 0.3 is 6.03 Å². The second-order valence-electron chi connectivity index (χ2n) is 14.1. The van der Waals surface area contributed by atoms with Gasteiger partial charge in [0.2, 0.25) is 10.9 Å². The molecule has 2 amide bonds. The standard InChI is InChI=1S/C35H49N7O5S/c1-35(2,3)25-19-24(21-36-48(44)45)32(46-4)29(20-25)38-34(43)37-28-13-14-30(27-12-8-11-26(27)28)47-18-17-41-15-16-42-31(22-41)39-40-33(42)23-9-6-5-7-10-23/h13-14,19-20,23,48H,5-12,15-18,21-22H2,1-4H3,(H,36,44,45)(H2,37,38,43). The number of nitrogens with one attached hydrogen (secondary N) is 3. The molecule has 12 nitrogen and oxygen atoms in total. The quantitative estimate of drug-likeness (QED) is 0.201. The van der Waals surface area contributed by atoms with Crippen molar-refractivity contribution >= 4 is 28.3 Å². The Labute approximate surface area is 285 Å². The molecule has 1 saturated carbocycles. The largest absolute Gasteiger partial charge is 0.494 e. The van der Waals surface area contributed by atoms with Gasteiger partial charge in [-0.3, -0.25) is 4.90 Å². The van der Waals surface area contributed by atoms with Crippen molar-refractivity contribution in [1.82, 2.24) is 24.4 Å². The number of nitrogens with zero attached hydrogens (tertiary/aromatic N) is 4. The average Bonchev–Trinajstić information content (AvgIpc) is 3.73. The van der Waals surface area contributed by atoms with Gasteiger partial charge in [0.25, 0.3) is 0 Å². The minimum absolute atomic E-state index is 0.0534. The van der Waals surface area contributed by atoms with Crippen LogP contribution in [0, 0.1) is 0 Å². The fourth-order valence-corrected chi connectivity index (χ4v) is 7.61. The van der Waals surface area contributed by atoms with Gasteiger partial charge < -0.3 is 24.7 Å². The van der Waals surface area contributed by atoms with E-state index in [4.69, 9.17) is 9.47 Å². The molecular formula is C35H49N7O5S. The normalized spacial score (nSPS) is 16.9. The summed E-state index contributed by atoms with van der Waals surface area (Å²) in [6.45, 7) is 10.3. The van der Waals surface area contributed by atoms with Crippen LogP contribution in [-0.4, -0.2) is 60.9 Å². The molecule has 260 valence electrons. The number of benzene rings is 2. The molecule has 0 atom stereocenters. The maximum Gasteiger partial charge on any atom is 0.323 e. The molecular weight excluding hydrogens is 630 g/mol. The predicted molar refractivity (Wildman–Crippen MR) is 187 cm³/mol. The Morgan fingerprint density at radius 3 is 2.50 bits per heavy atom. The highest BCUT2D eigenvalue weighted by atomic mass is 32.2. The van der Waals surface area contributed by atoms with Gasteiger partial charge in [-0.1, -0.05) is 46.1 Å². The van der Waals surface area contributed by atoms with Crippen LogP contribution in [-0.2, 0) is 48.8 Å². The number of carbonyl (C=O) groups excluding carboxylic acids is 1. The molecule has 3 N–H and O–H groups in total. The molecule has 0 spiro atoms. The second kappa shape index (κ2) is 14.8. The average molecular weight is 680 g/mol. The first-order valence-corrected chi connectivity index (χ1v) is 18.4. The molecule has 1 fully saturated rings. The van der Waals surface area contributed by atoms with Crippen LogP contribution in [0.15, 0.2) is 24.3 Å². The topological polar surface area (TPSA) is 140 Å². The van der Waals surface area contributed by atoms with Crippen molar-refractivity contribution in [2.24, 2.45) is 0 Å². The van der Waals surface area contributed by atoms with Crippen LogP contribution in [0.25, 0.3) is 0 Å². The van der Waals surface area contributed by atoms with Gasteiger partial charge in [-0.15, -0.1) is 10.2 Å². The summed E-state index contributed by atoms with van der Waals surface area (Å²) in [5.74, 6) is 4.10. The highest BCUT2D eigenvalue weighted by molar-refractivity contribution is 7.70. The number of carbonyl (C=O) groups is 1. The molecule has 1 aliphatic heterocycles. The lowest BCUT2D eigenvalue weighted by molar-refractivity contribution is 0.172. The maximum atomic E-state index is 13.4. The molecule has 6 rings (SSSR count). The van der Waals surface area contributed by atoms with Crippen molar-refractivity contribution in [3.63, 3.8) is 0 Å². The highest BCUT2D eigenvalue weighted by Crippen LogP contribution is 2.38. The van der Waals surface area contributed by atoms with Crippen LogP contribution < -0.4 is 24.8 Å². The first kappa shape index (κ1) is 34.2. The third kappa shape index (κ3) is 7.79. The van der Waals surface area contributed by atoms with Crippen LogP contribution in [0.5, 0.6) is 11.5 Å². The number of hydrogen-bond donors (Lipinski definition) is 4. The zero-order valence-electron chi connectivity index (χ0n) is 28.6. The third-order valence-corrected chi connectivity index (χ3v) is 10.3. The number of amides is 2. The molecule has 0 saturated heterocycles. The minimum atomic E-state index is -2.79. The van der Waals surface area contributed by atoms with Gasteiger partial charge in [0.15, 0.2) is 0 Å². The van der Waals surface area contributed by atoms with Gasteiger partial charge in [0.05, 0.1) is 19.3 Å². The first-order valence-electron chi connectivity index (χ1n) is 17.2. The summed E-state index contributed by atoms with van der Waals surface area (Å²) >= 11 is 0. The Kier molecular flexibility index (Phi) is 10.6. The Morgan fingerprint density at radius 2 is 1.75 bits per heavy atom. The van der Waals surface area contributed by atoms with Gasteiger partial charge in [0, 0.05) is 43.3 Å². The molecule has 48 heavy (non-hydrogen) atoms. The summed E-state index contributed by atoms with van der Waals surface area (Å²) in [7, 11) is -1.28. The molecule has 1 aromatic heterocycles. The maximum absolute atomic E-state index is 13.4. The molecule has 3 aromatic rings. The number of fused-ring (bicyclic) bond motifs is 2. The molecule has 3 aliphatic rings. The lowest BCUT2D eigenvalue weighted by atomic mass is 9.85. The number of hydrogen-bond acceptors (Lipinski definition) is 8. The van der Waals surface area contributed by atoms with Crippen molar-refractivity contribution < 1.29 is 22.7 Å². The van der Waals surface area contributed by atoms with Crippen molar-refractivity contribution in [1.29, 1.82) is 0 Å². The van der Waals surface area contributed by atoms with Crippen molar-refractivity contribution in [3.05, 3.63) is 58.2 Å². The van der Waals surface area contributed by atoms with Crippen molar-refractivity contribution in [3.8, 4) is 11.5 Å². The second-order valence-corrected chi connectivity index (χ2v) is 15.0. The number of aromatic nitrogens is 3. The smallest absolute Gasteiger partial charge is 0.323 e. The van der Waals surface area contributed by atoms with Crippen LogP contribution in [0.1, 0.15) is 99.1 Å². The van der Waals surface area contributed by atoms with E-state index in [9.17, 15) is 13.2 Å². The number of urea groups is 1. The lowest BCUT2D eigenvalue weighted by Crippen LogP contribution is -2.37. The van der Waals surface area contributed by atoms with Crippen molar-refractivity contribution in [2.45, 2.75) is 103 Å². The Balaban J connectivity index is 1.08. The summed E-state index contributed by atoms with van der Waals surface area (Å²) in [5.41, 5.74) is 4.81. The zero-order chi connectivity index (χ0) is 33.8. The molecule has 0 radical (unpaired) electrons.